The molecule has 21 heavy (non-hydrogen) atoms. The fourth-order valence-electron chi connectivity index (χ4n) is 1.71. The van der Waals surface area contributed by atoms with Gasteiger partial charge in [0.2, 0.25) is 0 Å². The van der Waals surface area contributed by atoms with Crippen molar-refractivity contribution in [3.05, 3.63) is 57.8 Å². The van der Waals surface area contributed by atoms with Crippen LogP contribution in [-0.4, -0.2) is 13.0 Å². The van der Waals surface area contributed by atoms with Crippen LogP contribution in [0.3, 0.4) is 0 Å². The molecule has 0 aliphatic carbocycles. The minimum atomic E-state index is -0.656. The van der Waals surface area contributed by atoms with Crippen LogP contribution in [0.4, 0.5) is 10.1 Å². The Labute approximate surface area is 129 Å². The average molecular weight is 349 g/mol. The van der Waals surface area contributed by atoms with E-state index in [1.165, 1.54) is 19.2 Å². The molecule has 0 fully saturated rings. The molecule has 0 saturated heterocycles. The lowest BCUT2D eigenvalue weighted by molar-refractivity contribution is 0.102. The number of amides is 1. The highest BCUT2D eigenvalue weighted by Gasteiger charge is 2.13. The summed E-state index contributed by atoms with van der Waals surface area (Å²) in [6.07, 6.45) is 0. The molecule has 0 unspecified atom stereocenters. The molecule has 0 aliphatic rings. The van der Waals surface area contributed by atoms with Crippen LogP contribution in [0.1, 0.15) is 15.9 Å². The summed E-state index contributed by atoms with van der Waals surface area (Å²) in [6.45, 7) is 0. The molecular weight excluding hydrogens is 339 g/mol. The first-order chi connectivity index (χ1) is 10.1. The van der Waals surface area contributed by atoms with E-state index in [0.29, 0.717) is 15.9 Å². The van der Waals surface area contributed by atoms with E-state index in [9.17, 15) is 9.18 Å². The summed E-state index contributed by atoms with van der Waals surface area (Å²) in [4.78, 5) is 12.1. The zero-order chi connectivity index (χ0) is 15.4. The third-order valence-electron chi connectivity index (χ3n) is 2.78. The number of halogens is 2. The number of rotatable bonds is 3. The van der Waals surface area contributed by atoms with Crippen LogP contribution in [0.15, 0.2) is 40.9 Å². The van der Waals surface area contributed by atoms with Gasteiger partial charge in [0.1, 0.15) is 17.6 Å². The highest BCUT2D eigenvalue weighted by atomic mass is 79.9. The van der Waals surface area contributed by atoms with Gasteiger partial charge in [0.25, 0.3) is 5.91 Å². The Morgan fingerprint density at radius 1 is 1.38 bits per heavy atom. The van der Waals surface area contributed by atoms with Crippen molar-refractivity contribution in [3.8, 4) is 11.8 Å². The van der Waals surface area contributed by atoms with E-state index in [-0.39, 0.29) is 11.1 Å². The molecule has 106 valence electrons. The van der Waals surface area contributed by atoms with Crippen LogP contribution in [0, 0.1) is 17.1 Å². The number of benzene rings is 2. The van der Waals surface area contributed by atoms with Gasteiger partial charge in [0.15, 0.2) is 0 Å². The number of nitrogens with zero attached hydrogens (tertiary/aromatic N) is 1. The van der Waals surface area contributed by atoms with Gasteiger partial charge < -0.3 is 10.1 Å². The Hall–Kier alpha value is -2.39. The second-order valence-electron chi connectivity index (χ2n) is 4.08. The number of ether oxygens (including phenoxy) is 1. The van der Waals surface area contributed by atoms with E-state index in [4.69, 9.17) is 10.00 Å². The normalized spacial score (nSPS) is 9.81. The molecule has 2 aromatic carbocycles. The van der Waals surface area contributed by atoms with Crippen molar-refractivity contribution in [2.45, 2.75) is 0 Å². The van der Waals surface area contributed by atoms with Gasteiger partial charge in [-0.25, -0.2) is 4.39 Å². The van der Waals surface area contributed by atoms with Crippen molar-refractivity contribution >= 4 is 27.5 Å². The predicted molar refractivity (Wildman–Crippen MR) is 79.8 cm³/mol. The summed E-state index contributed by atoms with van der Waals surface area (Å²) < 4.78 is 19.0. The molecule has 0 radical (unpaired) electrons. The number of nitriles is 1. The third-order valence-corrected chi connectivity index (χ3v) is 3.60. The Morgan fingerprint density at radius 2 is 2.14 bits per heavy atom. The van der Waals surface area contributed by atoms with Gasteiger partial charge in [0.05, 0.1) is 22.8 Å². The fourth-order valence-corrected chi connectivity index (χ4v) is 2.24. The third kappa shape index (κ3) is 3.20. The van der Waals surface area contributed by atoms with Crippen LogP contribution in [0.5, 0.6) is 5.75 Å². The average Bonchev–Trinajstić information content (AvgIpc) is 2.49. The largest absolute Gasteiger partial charge is 0.495 e. The number of anilines is 1. The Balaban J connectivity index is 2.29. The molecule has 0 aromatic heterocycles. The SMILES string of the molecule is COc1cccc(NC(=O)c2ccc(F)c(C#N)c2)c1Br. The lowest BCUT2D eigenvalue weighted by Gasteiger charge is -2.10. The van der Waals surface area contributed by atoms with Crippen molar-refractivity contribution in [1.82, 2.24) is 0 Å². The molecule has 0 spiro atoms. The molecule has 0 aliphatic heterocycles. The molecule has 0 heterocycles. The van der Waals surface area contributed by atoms with E-state index >= 15 is 0 Å². The van der Waals surface area contributed by atoms with Gasteiger partial charge in [-0.05, 0) is 46.3 Å². The van der Waals surface area contributed by atoms with Gasteiger partial charge in [-0.15, -0.1) is 0 Å². The predicted octanol–water partition coefficient (Wildman–Crippen LogP) is 3.72. The number of hydrogen-bond donors (Lipinski definition) is 1. The van der Waals surface area contributed by atoms with Crippen molar-refractivity contribution in [1.29, 1.82) is 5.26 Å². The Kier molecular flexibility index (Phi) is 4.55. The van der Waals surface area contributed by atoms with E-state index in [1.54, 1.807) is 24.3 Å². The quantitative estimate of drug-likeness (QED) is 0.919. The molecule has 0 saturated carbocycles. The van der Waals surface area contributed by atoms with Gasteiger partial charge in [-0.3, -0.25) is 4.79 Å². The van der Waals surface area contributed by atoms with Crippen molar-refractivity contribution in [2.75, 3.05) is 12.4 Å². The van der Waals surface area contributed by atoms with Crippen LogP contribution in [0.2, 0.25) is 0 Å². The second kappa shape index (κ2) is 6.37. The first kappa shape index (κ1) is 15.0. The second-order valence-corrected chi connectivity index (χ2v) is 4.88. The summed E-state index contributed by atoms with van der Waals surface area (Å²) in [5.74, 6) is -0.526. The van der Waals surface area contributed by atoms with Crippen molar-refractivity contribution in [2.24, 2.45) is 0 Å². The monoisotopic (exact) mass is 348 g/mol. The lowest BCUT2D eigenvalue weighted by atomic mass is 10.1. The van der Waals surface area contributed by atoms with Gasteiger partial charge in [-0.1, -0.05) is 6.07 Å². The summed E-state index contributed by atoms with van der Waals surface area (Å²) in [7, 11) is 1.52. The molecule has 1 N–H and O–H groups in total. The van der Waals surface area contributed by atoms with E-state index in [1.807, 2.05) is 0 Å². The first-order valence-electron chi connectivity index (χ1n) is 5.90. The van der Waals surface area contributed by atoms with Crippen molar-refractivity contribution in [3.63, 3.8) is 0 Å². The van der Waals surface area contributed by atoms with Crippen LogP contribution >= 0.6 is 15.9 Å². The van der Waals surface area contributed by atoms with Gasteiger partial charge >= 0.3 is 0 Å². The number of hydrogen-bond acceptors (Lipinski definition) is 3. The molecular formula is C15H10BrFN2O2. The zero-order valence-corrected chi connectivity index (χ0v) is 12.6. The lowest BCUT2D eigenvalue weighted by Crippen LogP contribution is -2.13. The maximum atomic E-state index is 13.2. The maximum Gasteiger partial charge on any atom is 0.255 e. The highest BCUT2D eigenvalue weighted by molar-refractivity contribution is 9.10. The standard InChI is InChI=1S/C15H10BrFN2O2/c1-21-13-4-2-3-12(14(13)16)19-15(20)9-5-6-11(17)10(7-9)8-18/h2-7H,1H3,(H,19,20). The van der Waals surface area contributed by atoms with Gasteiger partial charge in [0, 0.05) is 5.56 Å². The zero-order valence-electron chi connectivity index (χ0n) is 11.0. The van der Waals surface area contributed by atoms with Gasteiger partial charge in [-0.2, -0.15) is 5.26 Å². The number of carbonyl (C=O) groups is 1. The van der Waals surface area contributed by atoms with E-state index in [2.05, 4.69) is 21.2 Å². The highest BCUT2D eigenvalue weighted by Crippen LogP contribution is 2.32. The number of nitrogens with one attached hydrogen (secondary N) is 1. The van der Waals surface area contributed by atoms with E-state index < -0.39 is 11.7 Å². The number of methoxy groups -OCH3 is 1. The molecule has 2 aromatic rings. The topological polar surface area (TPSA) is 62.1 Å². The smallest absolute Gasteiger partial charge is 0.255 e. The minimum Gasteiger partial charge on any atom is -0.495 e. The molecule has 2 rings (SSSR count). The molecule has 0 bridgehead atoms. The Bertz CT molecular complexity index is 741. The van der Waals surface area contributed by atoms with E-state index in [0.717, 1.165) is 6.07 Å². The summed E-state index contributed by atoms with van der Waals surface area (Å²) >= 11 is 3.33. The van der Waals surface area contributed by atoms with Crippen molar-refractivity contribution < 1.29 is 13.9 Å². The summed E-state index contributed by atoms with van der Waals surface area (Å²) in [6, 6.07) is 10.5. The Morgan fingerprint density at radius 3 is 2.81 bits per heavy atom. The minimum absolute atomic E-state index is 0.174. The van der Waals surface area contributed by atoms with Crippen LogP contribution < -0.4 is 10.1 Å². The molecule has 4 nitrogen and oxygen atoms in total. The molecule has 6 heteroatoms. The molecule has 1 amide bonds. The van der Waals surface area contributed by atoms with Crippen LogP contribution in [-0.2, 0) is 0 Å². The first-order valence-corrected chi connectivity index (χ1v) is 6.69. The maximum absolute atomic E-state index is 13.2. The fraction of sp³-hybridized carbons (Fsp3) is 0.0667. The molecule has 0 atom stereocenters. The van der Waals surface area contributed by atoms with Crippen LogP contribution in [0.25, 0.3) is 0 Å². The summed E-state index contributed by atoms with van der Waals surface area (Å²) in [5, 5.41) is 11.5. The summed E-state index contributed by atoms with van der Waals surface area (Å²) in [5.41, 5.74) is 0.539. The number of carbonyl (C=O) groups excluding carboxylic acids is 1.